The number of hydrogen-bond donors (Lipinski definition) is 1. The van der Waals surface area contributed by atoms with Gasteiger partial charge >= 0.3 is 0 Å². The van der Waals surface area contributed by atoms with Gasteiger partial charge in [-0.25, -0.2) is 4.98 Å². The van der Waals surface area contributed by atoms with Crippen molar-refractivity contribution in [1.82, 2.24) is 4.98 Å². The lowest BCUT2D eigenvalue weighted by Gasteiger charge is -2.06. The van der Waals surface area contributed by atoms with Crippen molar-refractivity contribution in [2.75, 3.05) is 18.2 Å². The average Bonchev–Trinajstić information content (AvgIpc) is 3.01. The van der Waals surface area contributed by atoms with Gasteiger partial charge in [-0.15, -0.1) is 23.1 Å². The van der Waals surface area contributed by atoms with Crippen molar-refractivity contribution in [3.63, 3.8) is 0 Å². The van der Waals surface area contributed by atoms with Crippen molar-refractivity contribution < 1.29 is 9.53 Å². The largest absolute Gasteiger partial charge is 0.497 e. The maximum atomic E-state index is 12.0. The van der Waals surface area contributed by atoms with E-state index in [0.29, 0.717) is 6.42 Å². The Morgan fingerprint density at radius 1 is 1.29 bits per heavy atom. The van der Waals surface area contributed by atoms with Crippen LogP contribution in [0.25, 0.3) is 0 Å². The summed E-state index contributed by atoms with van der Waals surface area (Å²) in [6, 6.07) is 8.01. The number of hydrogen-bond acceptors (Lipinski definition) is 5. The summed E-state index contributed by atoms with van der Waals surface area (Å²) in [6.07, 6.45) is 6.01. The van der Waals surface area contributed by atoms with E-state index >= 15 is 0 Å². The number of nitrogens with zero attached hydrogens (tertiary/aromatic N) is 1. The number of thioether (sulfide) groups is 1. The van der Waals surface area contributed by atoms with Crippen molar-refractivity contribution >= 4 is 34.1 Å². The molecule has 1 aromatic heterocycles. The molecule has 4 nitrogen and oxygen atoms in total. The van der Waals surface area contributed by atoms with E-state index < -0.39 is 0 Å². The minimum atomic E-state index is 0.0661. The van der Waals surface area contributed by atoms with Crippen LogP contribution in [0, 0.1) is 0 Å². The van der Waals surface area contributed by atoms with Gasteiger partial charge < -0.3 is 10.1 Å². The van der Waals surface area contributed by atoms with E-state index in [1.54, 1.807) is 30.2 Å². The van der Waals surface area contributed by atoms with Gasteiger partial charge in [0.25, 0.3) is 0 Å². The highest BCUT2D eigenvalue weighted by atomic mass is 32.2. The summed E-state index contributed by atoms with van der Waals surface area (Å²) in [6.45, 7) is 0. The Morgan fingerprint density at radius 3 is 2.83 bits per heavy atom. The second-order valence-corrected chi connectivity index (χ2v) is 8.02. The summed E-state index contributed by atoms with van der Waals surface area (Å²) in [7, 11) is 1.67. The number of anilines is 1. The maximum absolute atomic E-state index is 12.0. The Balaban J connectivity index is 1.38. The number of nitrogens with one attached hydrogen (secondary N) is 1. The molecule has 0 spiro atoms. The van der Waals surface area contributed by atoms with Crippen LogP contribution in [0.1, 0.15) is 36.3 Å². The number of fused-ring (bicyclic) bond motifs is 1. The molecule has 0 saturated carbocycles. The van der Waals surface area contributed by atoms with E-state index in [0.717, 1.165) is 35.9 Å². The average molecular weight is 363 g/mol. The molecule has 1 aliphatic rings. The van der Waals surface area contributed by atoms with Crippen LogP contribution in [-0.4, -0.2) is 23.8 Å². The fraction of sp³-hybridized carbons (Fsp3) is 0.444. The molecule has 0 saturated heterocycles. The Bertz CT molecular complexity index is 659. The number of aromatic nitrogens is 1. The lowest BCUT2D eigenvalue weighted by molar-refractivity contribution is -0.116. The molecule has 1 heterocycles. The van der Waals surface area contributed by atoms with Crippen LogP contribution in [-0.2, 0) is 17.6 Å². The van der Waals surface area contributed by atoms with Gasteiger partial charge in [-0.05, 0) is 62.1 Å². The van der Waals surface area contributed by atoms with E-state index in [9.17, 15) is 4.79 Å². The molecular weight excluding hydrogens is 340 g/mol. The monoisotopic (exact) mass is 362 g/mol. The molecule has 0 radical (unpaired) electrons. The summed E-state index contributed by atoms with van der Waals surface area (Å²) in [5, 5.41) is 3.73. The third kappa shape index (κ3) is 4.74. The van der Waals surface area contributed by atoms with Crippen molar-refractivity contribution in [1.29, 1.82) is 0 Å². The van der Waals surface area contributed by atoms with Crippen LogP contribution < -0.4 is 10.1 Å². The van der Waals surface area contributed by atoms with Gasteiger partial charge in [0, 0.05) is 16.2 Å². The Hall–Kier alpha value is -1.53. The number of amides is 1. The molecule has 1 amide bonds. The van der Waals surface area contributed by atoms with E-state index in [2.05, 4.69) is 10.3 Å². The maximum Gasteiger partial charge on any atom is 0.226 e. The normalized spacial score (nSPS) is 13.4. The number of benzene rings is 1. The molecule has 24 heavy (non-hydrogen) atoms. The first-order chi connectivity index (χ1) is 11.7. The molecule has 1 aromatic carbocycles. The highest BCUT2D eigenvalue weighted by Crippen LogP contribution is 2.29. The molecule has 0 fully saturated rings. The van der Waals surface area contributed by atoms with Crippen molar-refractivity contribution in [3.05, 3.63) is 34.8 Å². The standard InChI is InChI=1S/C18H22N2O2S2/c1-22-13-8-10-14(11-9-13)23-12-4-7-17(21)20-18-19-15-5-2-3-6-16(15)24-18/h8-11H,2-7,12H2,1H3,(H,19,20,21). The summed E-state index contributed by atoms with van der Waals surface area (Å²) < 4.78 is 5.15. The number of methoxy groups -OCH3 is 1. The van der Waals surface area contributed by atoms with Gasteiger partial charge in [-0.1, -0.05) is 0 Å². The van der Waals surface area contributed by atoms with Gasteiger partial charge in [-0.3, -0.25) is 4.79 Å². The van der Waals surface area contributed by atoms with Crippen LogP contribution in [0.4, 0.5) is 5.13 Å². The summed E-state index contributed by atoms with van der Waals surface area (Å²) in [4.78, 5) is 19.2. The third-order valence-corrected chi connectivity index (χ3v) is 6.14. The lowest BCUT2D eigenvalue weighted by Crippen LogP contribution is -2.11. The predicted molar refractivity (Wildman–Crippen MR) is 100 cm³/mol. The fourth-order valence-electron chi connectivity index (χ4n) is 2.68. The third-order valence-electron chi connectivity index (χ3n) is 3.97. The van der Waals surface area contributed by atoms with E-state index in [1.807, 2.05) is 24.3 Å². The SMILES string of the molecule is COc1ccc(SCCCC(=O)Nc2nc3c(s2)CCCC3)cc1. The van der Waals surface area contributed by atoms with Gasteiger partial charge in [0.2, 0.25) is 5.91 Å². The number of thiazole rings is 1. The number of ether oxygens (including phenoxy) is 1. The molecule has 1 aliphatic carbocycles. The number of rotatable bonds is 7. The number of carbonyl (C=O) groups excluding carboxylic acids is 1. The first kappa shape index (κ1) is 17.3. The van der Waals surface area contributed by atoms with Crippen LogP contribution >= 0.6 is 23.1 Å². The zero-order chi connectivity index (χ0) is 16.8. The van der Waals surface area contributed by atoms with Crippen LogP contribution in [0.5, 0.6) is 5.75 Å². The second kappa shape index (κ2) is 8.53. The zero-order valence-corrected chi connectivity index (χ0v) is 15.5. The Labute approximate surface area is 151 Å². The van der Waals surface area contributed by atoms with Crippen LogP contribution in [0.3, 0.4) is 0 Å². The Kier molecular flexibility index (Phi) is 6.15. The smallest absolute Gasteiger partial charge is 0.226 e. The van der Waals surface area contributed by atoms with Gasteiger partial charge in [-0.2, -0.15) is 0 Å². The second-order valence-electron chi connectivity index (χ2n) is 5.77. The predicted octanol–water partition coefficient (Wildman–Crippen LogP) is 4.54. The van der Waals surface area contributed by atoms with E-state index in [-0.39, 0.29) is 5.91 Å². The van der Waals surface area contributed by atoms with Gasteiger partial charge in [0.05, 0.1) is 12.8 Å². The lowest BCUT2D eigenvalue weighted by atomic mass is 10.0. The van der Waals surface area contributed by atoms with Crippen LogP contribution in [0.15, 0.2) is 29.2 Å². The van der Waals surface area contributed by atoms with Crippen molar-refractivity contribution in [2.45, 2.75) is 43.4 Å². The van der Waals surface area contributed by atoms with E-state index in [1.165, 1.54) is 28.3 Å². The molecule has 128 valence electrons. The topological polar surface area (TPSA) is 51.2 Å². The quantitative estimate of drug-likeness (QED) is 0.580. The van der Waals surface area contributed by atoms with Gasteiger partial charge in [0.1, 0.15) is 5.75 Å². The van der Waals surface area contributed by atoms with Crippen molar-refractivity contribution in [2.24, 2.45) is 0 Å². The number of carbonyl (C=O) groups is 1. The van der Waals surface area contributed by atoms with Crippen LogP contribution in [0.2, 0.25) is 0 Å². The van der Waals surface area contributed by atoms with Crippen molar-refractivity contribution in [3.8, 4) is 5.75 Å². The first-order valence-electron chi connectivity index (χ1n) is 8.30. The zero-order valence-electron chi connectivity index (χ0n) is 13.8. The number of aryl methyl sites for hydroxylation is 2. The molecule has 0 aliphatic heterocycles. The van der Waals surface area contributed by atoms with Gasteiger partial charge in [0.15, 0.2) is 5.13 Å². The minimum Gasteiger partial charge on any atom is -0.497 e. The summed E-state index contributed by atoms with van der Waals surface area (Å²) in [5.74, 6) is 1.86. The minimum absolute atomic E-state index is 0.0661. The van der Waals surface area contributed by atoms with E-state index in [4.69, 9.17) is 4.74 Å². The summed E-state index contributed by atoms with van der Waals surface area (Å²) >= 11 is 3.40. The molecule has 2 aromatic rings. The Morgan fingerprint density at radius 2 is 2.08 bits per heavy atom. The molecule has 0 bridgehead atoms. The highest BCUT2D eigenvalue weighted by molar-refractivity contribution is 7.99. The molecule has 1 N–H and O–H groups in total. The molecule has 0 unspecified atom stereocenters. The molecule has 0 atom stereocenters. The molecular formula is C18H22N2O2S2. The molecule has 6 heteroatoms. The highest BCUT2D eigenvalue weighted by Gasteiger charge is 2.16. The fourth-order valence-corrected chi connectivity index (χ4v) is 4.60. The summed E-state index contributed by atoms with van der Waals surface area (Å²) in [5.41, 5.74) is 1.19. The first-order valence-corrected chi connectivity index (χ1v) is 10.1. The molecule has 3 rings (SSSR count).